The molecule has 7 rings (SSSR count). The third-order valence-corrected chi connectivity index (χ3v) is 13.2. The number of ether oxygens (including phenoxy) is 3. The number of aromatic nitrogens is 1. The van der Waals surface area contributed by atoms with Crippen LogP contribution in [0.15, 0.2) is 48.7 Å². The van der Waals surface area contributed by atoms with Gasteiger partial charge >= 0.3 is 12.1 Å². The SMILES string of the molecule is CC(N(C)CC1COc2cc3c(cc2OC1)C1(CCC(Nc2cccc(Cl)c2)(C(=O)O)CC1)C(C[C@@H](C)COc1ccnc2c1[C@H](C)CCC2)C3)C(F)(F)F. The highest BCUT2D eigenvalue weighted by molar-refractivity contribution is 6.30. The summed E-state index contributed by atoms with van der Waals surface area (Å²) < 4.78 is 59.4. The van der Waals surface area contributed by atoms with Gasteiger partial charge in [-0.3, -0.25) is 9.88 Å². The van der Waals surface area contributed by atoms with Gasteiger partial charge in [0.25, 0.3) is 0 Å². The number of nitrogens with one attached hydrogen (secondary N) is 1. The Labute approximate surface area is 327 Å². The van der Waals surface area contributed by atoms with Crippen molar-refractivity contribution in [3.8, 4) is 17.2 Å². The second kappa shape index (κ2) is 15.7. The van der Waals surface area contributed by atoms with E-state index in [2.05, 4.69) is 36.3 Å². The zero-order chi connectivity index (χ0) is 39.1. The van der Waals surface area contributed by atoms with E-state index in [1.165, 1.54) is 24.4 Å². The lowest BCUT2D eigenvalue weighted by molar-refractivity contribution is -0.177. The Morgan fingerprint density at radius 3 is 2.53 bits per heavy atom. The van der Waals surface area contributed by atoms with E-state index in [1.54, 1.807) is 12.1 Å². The molecule has 3 unspecified atom stereocenters. The number of aryl methyl sites for hydroxylation is 1. The fourth-order valence-corrected chi connectivity index (χ4v) is 9.91. The van der Waals surface area contributed by atoms with E-state index in [9.17, 15) is 23.1 Å². The molecule has 298 valence electrons. The highest BCUT2D eigenvalue weighted by Crippen LogP contribution is 2.58. The number of alkyl halides is 3. The first-order valence-electron chi connectivity index (χ1n) is 19.7. The summed E-state index contributed by atoms with van der Waals surface area (Å²) in [5, 5.41) is 14.6. The fraction of sp³-hybridized carbons (Fsp3) is 0.581. The van der Waals surface area contributed by atoms with Crippen LogP contribution in [0, 0.1) is 17.8 Å². The number of halogens is 4. The Bertz CT molecular complexity index is 1870. The number of benzene rings is 2. The minimum atomic E-state index is -4.32. The van der Waals surface area contributed by atoms with E-state index in [-0.39, 0.29) is 42.9 Å². The fourth-order valence-electron chi connectivity index (χ4n) is 9.72. The first-order valence-corrected chi connectivity index (χ1v) is 20.1. The predicted molar refractivity (Wildman–Crippen MR) is 207 cm³/mol. The maximum Gasteiger partial charge on any atom is 0.403 e. The van der Waals surface area contributed by atoms with Crippen LogP contribution in [0.1, 0.15) is 94.0 Å². The maximum atomic E-state index is 13.4. The number of anilines is 1. The smallest absolute Gasteiger partial charge is 0.403 e. The Morgan fingerprint density at radius 1 is 1.11 bits per heavy atom. The summed E-state index contributed by atoms with van der Waals surface area (Å²) in [4.78, 5) is 19.0. The summed E-state index contributed by atoms with van der Waals surface area (Å²) in [5.74, 6) is 1.84. The number of carboxylic acid groups (broad SMARTS) is 1. The molecule has 0 saturated heterocycles. The van der Waals surface area contributed by atoms with Gasteiger partial charge in [0.2, 0.25) is 0 Å². The molecule has 1 saturated carbocycles. The molecule has 1 spiro atoms. The van der Waals surface area contributed by atoms with Crippen LogP contribution in [0.3, 0.4) is 0 Å². The number of pyridine rings is 1. The number of carboxylic acids is 1. The van der Waals surface area contributed by atoms with Gasteiger partial charge in [-0.2, -0.15) is 13.2 Å². The molecule has 5 atom stereocenters. The van der Waals surface area contributed by atoms with Crippen molar-refractivity contribution in [2.75, 3.05) is 38.7 Å². The van der Waals surface area contributed by atoms with Crippen LogP contribution >= 0.6 is 11.6 Å². The Morgan fingerprint density at radius 2 is 1.84 bits per heavy atom. The Balaban J connectivity index is 1.13. The highest BCUT2D eigenvalue weighted by atomic mass is 35.5. The number of carbonyl (C=O) groups is 1. The van der Waals surface area contributed by atoms with Crippen LogP contribution < -0.4 is 19.5 Å². The van der Waals surface area contributed by atoms with E-state index in [4.69, 9.17) is 25.8 Å². The first kappa shape index (κ1) is 39.5. The van der Waals surface area contributed by atoms with E-state index >= 15 is 0 Å². The second-order valence-electron chi connectivity index (χ2n) is 16.8. The van der Waals surface area contributed by atoms with E-state index in [1.807, 2.05) is 24.4 Å². The van der Waals surface area contributed by atoms with Crippen LogP contribution in [0.5, 0.6) is 17.2 Å². The lowest BCUT2D eigenvalue weighted by Crippen LogP contribution is -2.53. The molecular formula is C43H53ClF3N3O5. The van der Waals surface area contributed by atoms with Crippen molar-refractivity contribution < 1.29 is 37.3 Å². The predicted octanol–water partition coefficient (Wildman–Crippen LogP) is 9.47. The van der Waals surface area contributed by atoms with Crippen LogP contribution in [0.2, 0.25) is 5.02 Å². The monoisotopic (exact) mass is 783 g/mol. The normalized spacial score (nSPS) is 27.2. The average Bonchev–Trinajstić information content (AvgIpc) is 3.27. The van der Waals surface area contributed by atoms with Gasteiger partial charge in [0, 0.05) is 40.6 Å². The molecule has 2 heterocycles. The van der Waals surface area contributed by atoms with Gasteiger partial charge in [0.1, 0.15) is 17.3 Å². The maximum absolute atomic E-state index is 13.4. The summed E-state index contributed by atoms with van der Waals surface area (Å²) in [5.41, 5.74) is 3.90. The lowest BCUT2D eigenvalue weighted by atomic mass is 9.59. The van der Waals surface area contributed by atoms with Gasteiger partial charge in [0.15, 0.2) is 11.5 Å². The molecule has 1 aliphatic heterocycles. The summed E-state index contributed by atoms with van der Waals surface area (Å²) in [7, 11) is 1.48. The van der Waals surface area contributed by atoms with Crippen molar-refractivity contribution in [1.82, 2.24) is 9.88 Å². The number of aliphatic carboxylic acids is 1. The lowest BCUT2D eigenvalue weighted by Gasteiger charge is -2.47. The molecule has 8 nitrogen and oxygen atoms in total. The van der Waals surface area contributed by atoms with Crippen molar-refractivity contribution in [2.24, 2.45) is 17.8 Å². The molecule has 2 N–H and O–H groups in total. The van der Waals surface area contributed by atoms with Crippen molar-refractivity contribution in [3.05, 3.63) is 76.1 Å². The number of fused-ring (bicyclic) bond motifs is 4. The topological polar surface area (TPSA) is 93.2 Å². The Kier molecular flexibility index (Phi) is 11.3. The van der Waals surface area contributed by atoms with Gasteiger partial charge in [-0.25, -0.2) is 4.79 Å². The molecule has 3 aliphatic carbocycles. The third kappa shape index (κ3) is 8.11. The van der Waals surface area contributed by atoms with Gasteiger partial charge in [-0.15, -0.1) is 0 Å². The van der Waals surface area contributed by atoms with Crippen molar-refractivity contribution >= 4 is 23.3 Å². The zero-order valence-corrected chi connectivity index (χ0v) is 32.9. The molecule has 4 aliphatic rings. The highest BCUT2D eigenvalue weighted by Gasteiger charge is 2.54. The molecule has 2 aromatic carbocycles. The summed E-state index contributed by atoms with van der Waals surface area (Å²) in [6.45, 7) is 6.87. The van der Waals surface area contributed by atoms with E-state index in [0.29, 0.717) is 60.4 Å². The standard InChI is InChI=1S/C43H53ClF3N3O5/c1-26(23-53-36-11-16-48-35-10-5-7-27(2)39(35)36)17-31-18-30-19-37-38(55-25-29(24-54-37)22-50(4)28(3)43(45,46)47)21-34(30)41(31)12-14-42(15-13-41,40(51)52)49-33-9-6-8-32(44)20-33/h6,8-9,11,16,19-21,26-29,31,49H,5,7,10,12-15,17-18,22-25H2,1-4H3,(H,51,52)/t26-,27-,28?,29?,31?,41?,42?/m1/s1. The second-order valence-corrected chi connectivity index (χ2v) is 17.2. The number of rotatable bonds is 11. The molecule has 3 aromatic rings. The molecule has 12 heteroatoms. The third-order valence-electron chi connectivity index (χ3n) is 13.0. The zero-order valence-electron chi connectivity index (χ0n) is 32.2. The van der Waals surface area contributed by atoms with Crippen LogP contribution in [0.25, 0.3) is 0 Å². The minimum absolute atomic E-state index is 0.179. The van der Waals surface area contributed by atoms with Gasteiger partial charge in [-0.05, 0) is 142 Å². The van der Waals surface area contributed by atoms with Gasteiger partial charge in [0.05, 0.1) is 19.8 Å². The Hall–Kier alpha value is -3.70. The van der Waals surface area contributed by atoms with Crippen LogP contribution in [-0.2, 0) is 23.1 Å². The van der Waals surface area contributed by atoms with E-state index in [0.717, 1.165) is 54.7 Å². The van der Waals surface area contributed by atoms with Crippen LogP contribution in [-0.4, -0.2) is 72.1 Å². The van der Waals surface area contributed by atoms with Gasteiger partial charge < -0.3 is 24.6 Å². The number of hydrogen-bond acceptors (Lipinski definition) is 7. The average molecular weight is 784 g/mol. The van der Waals surface area contributed by atoms with Crippen molar-refractivity contribution in [3.63, 3.8) is 0 Å². The molecular weight excluding hydrogens is 731 g/mol. The first-order chi connectivity index (χ1) is 26.2. The van der Waals surface area contributed by atoms with Crippen LogP contribution in [0.4, 0.5) is 18.9 Å². The van der Waals surface area contributed by atoms with Crippen molar-refractivity contribution in [1.29, 1.82) is 0 Å². The number of hydrogen-bond donors (Lipinski definition) is 2. The van der Waals surface area contributed by atoms with Crippen molar-refractivity contribution in [2.45, 2.75) is 108 Å². The summed E-state index contributed by atoms with van der Waals surface area (Å²) in [6.07, 6.45) is 4.59. The molecule has 0 bridgehead atoms. The van der Waals surface area contributed by atoms with E-state index < -0.39 is 23.7 Å². The van der Waals surface area contributed by atoms with Gasteiger partial charge in [-0.1, -0.05) is 31.5 Å². The quantitative estimate of drug-likeness (QED) is 0.199. The molecule has 0 amide bonds. The minimum Gasteiger partial charge on any atom is -0.493 e. The molecule has 1 aromatic heterocycles. The summed E-state index contributed by atoms with van der Waals surface area (Å²) >= 11 is 6.28. The summed E-state index contributed by atoms with van der Waals surface area (Å²) in [6, 6.07) is 11.7. The number of nitrogens with zero attached hydrogens (tertiary/aromatic N) is 2. The molecule has 55 heavy (non-hydrogen) atoms. The molecule has 1 fully saturated rings. The largest absolute Gasteiger partial charge is 0.493 e. The molecule has 0 radical (unpaired) electrons.